The van der Waals surface area contributed by atoms with Gasteiger partial charge in [-0.15, -0.1) is 0 Å². The summed E-state index contributed by atoms with van der Waals surface area (Å²) < 4.78 is 10.9. The predicted octanol–water partition coefficient (Wildman–Crippen LogP) is 2.75. The van der Waals surface area contributed by atoms with Crippen molar-refractivity contribution in [3.8, 4) is 11.5 Å². The van der Waals surface area contributed by atoms with E-state index < -0.39 is 0 Å². The molecule has 1 aliphatic rings. The van der Waals surface area contributed by atoms with Crippen LogP contribution in [-0.4, -0.2) is 55.7 Å². The Kier molecular flexibility index (Phi) is 6.80. The molecule has 7 heteroatoms. The van der Waals surface area contributed by atoms with Gasteiger partial charge in [-0.3, -0.25) is 4.79 Å². The SMILES string of the molecule is COc1ccc(OC)c([C@H]2CN(C(=O)NC(C)(C)C)C[C@H]2C(=O)NC(C)C)c1. The second-order valence-electron chi connectivity index (χ2n) is 8.57. The molecule has 0 aromatic heterocycles. The Labute approximate surface area is 167 Å². The smallest absolute Gasteiger partial charge is 0.317 e. The van der Waals surface area contributed by atoms with Crippen molar-refractivity contribution in [2.24, 2.45) is 5.92 Å². The number of nitrogens with zero attached hydrogens (tertiary/aromatic N) is 1. The molecule has 2 rings (SSSR count). The Bertz CT molecular complexity index is 712. The van der Waals surface area contributed by atoms with E-state index in [-0.39, 0.29) is 35.4 Å². The first-order valence-electron chi connectivity index (χ1n) is 9.65. The van der Waals surface area contributed by atoms with Crippen LogP contribution in [0.4, 0.5) is 4.79 Å². The zero-order chi connectivity index (χ0) is 21.1. The number of urea groups is 1. The summed E-state index contributed by atoms with van der Waals surface area (Å²) in [4.78, 5) is 27.3. The third kappa shape index (κ3) is 5.30. The van der Waals surface area contributed by atoms with Crippen LogP contribution in [0.5, 0.6) is 11.5 Å². The Hall–Kier alpha value is -2.44. The second-order valence-corrected chi connectivity index (χ2v) is 8.57. The summed E-state index contributed by atoms with van der Waals surface area (Å²) in [5.74, 6) is 0.766. The number of nitrogens with one attached hydrogen (secondary N) is 2. The van der Waals surface area contributed by atoms with Gasteiger partial charge in [-0.25, -0.2) is 4.79 Å². The number of amides is 3. The van der Waals surface area contributed by atoms with Gasteiger partial charge in [0, 0.05) is 36.2 Å². The maximum atomic E-state index is 12.9. The third-order valence-corrected chi connectivity index (χ3v) is 4.69. The maximum Gasteiger partial charge on any atom is 0.317 e. The summed E-state index contributed by atoms with van der Waals surface area (Å²) in [5.41, 5.74) is 0.523. The molecule has 156 valence electrons. The minimum absolute atomic E-state index is 0.0257. The molecule has 1 fully saturated rings. The highest BCUT2D eigenvalue weighted by Crippen LogP contribution is 2.39. The summed E-state index contributed by atoms with van der Waals surface area (Å²) in [6, 6.07) is 5.41. The fourth-order valence-electron chi connectivity index (χ4n) is 3.47. The molecule has 7 nitrogen and oxygen atoms in total. The van der Waals surface area contributed by atoms with Crippen molar-refractivity contribution in [2.75, 3.05) is 27.3 Å². The molecule has 1 heterocycles. The van der Waals surface area contributed by atoms with Crippen LogP contribution in [0, 0.1) is 5.92 Å². The van der Waals surface area contributed by atoms with Gasteiger partial charge in [0.1, 0.15) is 11.5 Å². The standard InChI is InChI=1S/C21H33N3O4/c1-13(2)22-19(25)17-12-24(20(26)23-21(3,4)5)11-16(17)15-10-14(27-6)8-9-18(15)28-7/h8-10,13,16-17H,11-12H2,1-7H3,(H,22,25)(H,23,26)/t16-,17-/m1/s1. The van der Waals surface area contributed by atoms with Crippen LogP contribution in [0.2, 0.25) is 0 Å². The number of carbonyl (C=O) groups is 2. The third-order valence-electron chi connectivity index (χ3n) is 4.69. The van der Waals surface area contributed by atoms with Crippen molar-refractivity contribution in [1.82, 2.24) is 15.5 Å². The summed E-state index contributed by atoms with van der Waals surface area (Å²) in [6.45, 7) is 10.5. The largest absolute Gasteiger partial charge is 0.497 e. The number of benzene rings is 1. The minimum atomic E-state index is -0.367. The van der Waals surface area contributed by atoms with E-state index in [9.17, 15) is 9.59 Å². The van der Waals surface area contributed by atoms with Crippen LogP contribution in [0.3, 0.4) is 0 Å². The average Bonchev–Trinajstić information content (AvgIpc) is 3.04. The first-order chi connectivity index (χ1) is 13.1. The van der Waals surface area contributed by atoms with Crippen LogP contribution in [0.25, 0.3) is 0 Å². The summed E-state index contributed by atoms with van der Waals surface area (Å²) >= 11 is 0. The highest BCUT2D eigenvalue weighted by molar-refractivity contribution is 5.83. The number of likely N-dealkylation sites (tertiary alicyclic amines) is 1. The van der Waals surface area contributed by atoms with E-state index in [2.05, 4.69) is 10.6 Å². The number of ether oxygens (including phenoxy) is 2. The van der Waals surface area contributed by atoms with Crippen molar-refractivity contribution in [1.29, 1.82) is 0 Å². The van der Waals surface area contributed by atoms with E-state index in [1.807, 2.05) is 52.8 Å². The van der Waals surface area contributed by atoms with E-state index >= 15 is 0 Å². The van der Waals surface area contributed by atoms with E-state index in [1.54, 1.807) is 19.1 Å². The number of hydrogen-bond donors (Lipinski definition) is 2. The van der Waals surface area contributed by atoms with Crippen molar-refractivity contribution < 1.29 is 19.1 Å². The molecule has 3 amide bonds. The number of hydrogen-bond acceptors (Lipinski definition) is 4. The lowest BCUT2D eigenvalue weighted by atomic mass is 9.87. The Morgan fingerprint density at radius 1 is 1.14 bits per heavy atom. The van der Waals surface area contributed by atoms with E-state index in [1.165, 1.54) is 0 Å². The van der Waals surface area contributed by atoms with Gasteiger partial charge >= 0.3 is 6.03 Å². The van der Waals surface area contributed by atoms with Gasteiger partial charge in [-0.1, -0.05) is 0 Å². The normalized spacial score (nSPS) is 19.5. The molecule has 0 radical (unpaired) electrons. The van der Waals surface area contributed by atoms with Crippen molar-refractivity contribution in [2.45, 2.75) is 52.1 Å². The van der Waals surface area contributed by atoms with Crippen LogP contribution in [0.1, 0.15) is 46.1 Å². The zero-order valence-electron chi connectivity index (χ0n) is 18.0. The molecule has 1 aliphatic heterocycles. The van der Waals surface area contributed by atoms with Crippen molar-refractivity contribution in [3.63, 3.8) is 0 Å². The minimum Gasteiger partial charge on any atom is -0.497 e. The maximum absolute atomic E-state index is 12.9. The first-order valence-corrected chi connectivity index (χ1v) is 9.65. The molecule has 28 heavy (non-hydrogen) atoms. The summed E-state index contributed by atoms with van der Waals surface area (Å²) in [6.07, 6.45) is 0. The Balaban J connectivity index is 2.38. The number of methoxy groups -OCH3 is 2. The molecular formula is C21H33N3O4. The lowest BCUT2D eigenvalue weighted by Crippen LogP contribution is -2.48. The molecule has 0 spiro atoms. The number of rotatable bonds is 5. The first kappa shape index (κ1) is 21.9. The van der Waals surface area contributed by atoms with Crippen LogP contribution in [0.15, 0.2) is 18.2 Å². The fraction of sp³-hybridized carbons (Fsp3) is 0.619. The monoisotopic (exact) mass is 391 g/mol. The molecule has 0 aliphatic carbocycles. The summed E-state index contributed by atoms with van der Waals surface area (Å²) in [7, 11) is 3.21. The van der Waals surface area contributed by atoms with E-state index in [0.717, 1.165) is 5.56 Å². The molecule has 1 aromatic rings. The fourth-order valence-corrected chi connectivity index (χ4v) is 3.47. The average molecular weight is 392 g/mol. The van der Waals surface area contributed by atoms with Crippen LogP contribution >= 0.6 is 0 Å². The highest BCUT2D eigenvalue weighted by Gasteiger charge is 2.42. The topological polar surface area (TPSA) is 79.9 Å². The van der Waals surface area contributed by atoms with Gasteiger partial charge in [0.15, 0.2) is 0 Å². The molecule has 1 aromatic carbocycles. The molecule has 0 unspecified atom stereocenters. The second kappa shape index (κ2) is 8.71. The molecule has 0 bridgehead atoms. The molecular weight excluding hydrogens is 358 g/mol. The van der Waals surface area contributed by atoms with Gasteiger partial charge < -0.3 is 25.0 Å². The highest BCUT2D eigenvalue weighted by atomic mass is 16.5. The van der Waals surface area contributed by atoms with Gasteiger partial charge in [0.2, 0.25) is 5.91 Å². The zero-order valence-corrected chi connectivity index (χ0v) is 18.0. The lowest BCUT2D eigenvalue weighted by Gasteiger charge is -2.25. The Morgan fingerprint density at radius 2 is 1.82 bits per heavy atom. The molecule has 2 N–H and O–H groups in total. The predicted molar refractivity (Wildman–Crippen MR) is 109 cm³/mol. The van der Waals surface area contributed by atoms with E-state index in [4.69, 9.17) is 9.47 Å². The van der Waals surface area contributed by atoms with Gasteiger partial charge in [0.25, 0.3) is 0 Å². The summed E-state index contributed by atoms with van der Waals surface area (Å²) in [5, 5.41) is 5.97. The van der Waals surface area contributed by atoms with Crippen molar-refractivity contribution >= 4 is 11.9 Å². The van der Waals surface area contributed by atoms with Crippen molar-refractivity contribution in [3.05, 3.63) is 23.8 Å². The van der Waals surface area contributed by atoms with Gasteiger partial charge in [-0.2, -0.15) is 0 Å². The van der Waals surface area contributed by atoms with Crippen LogP contribution < -0.4 is 20.1 Å². The van der Waals surface area contributed by atoms with Gasteiger partial charge in [-0.05, 0) is 52.8 Å². The molecule has 2 atom stereocenters. The lowest BCUT2D eigenvalue weighted by molar-refractivity contribution is -0.125. The van der Waals surface area contributed by atoms with E-state index in [0.29, 0.717) is 24.6 Å². The van der Waals surface area contributed by atoms with Crippen LogP contribution in [-0.2, 0) is 4.79 Å². The number of carbonyl (C=O) groups excluding carboxylic acids is 2. The Morgan fingerprint density at radius 3 is 2.36 bits per heavy atom. The molecule has 1 saturated heterocycles. The van der Waals surface area contributed by atoms with Gasteiger partial charge in [0.05, 0.1) is 20.1 Å². The quantitative estimate of drug-likeness (QED) is 0.809. The molecule has 0 saturated carbocycles.